The molecule has 0 saturated carbocycles. The first kappa shape index (κ1) is 13.2. The van der Waals surface area contributed by atoms with Crippen molar-refractivity contribution in [2.24, 2.45) is 0 Å². The van der Waals surface area contributed by atoms with Gasteiger partial charge in [0.2, 0.25) is 0 Å². The Morgan fingerprint density at radius 3 is 2.44 bits per heavy atom. The third-order valence-corrected chi connectivity index (χ3v) is 2.28. The zero-order chi connectivity index (χ0) is 11.6. The Hall–Kier alpha value is -0.860. The van der Waals surface area contributed by atoms with E-state index in [-0.39, 0.29) is 0 Å². The normalized spacial score (nSPS) is 10.3. The zero-order valence-electron chi connectivity index (χ0n) is 9.45. The van der Waals surface area contributed by atoms with Crippen LogP contribution in [0, 0.1) is 6.92 Å². The molecule has 3 heteroatoms. The average Bonchev–Trinajstić information content (AvgIpc) is 2.31. The summed E-state index contributed by atoms with van der Waals surface area (Å²) in [6, 6.07) is 8.00. The molecule has 2 nitrogen and oxygen atoms in total. The maximum atomic E-state index is 5.66. The van der Waals surface area contributed by atoms with Gasteiger partial charge in [0.15, 0.2) is 0 Å². The van der Waals surface area contributed by atoms with Crippen molar-refractivity contribution in [2.45, 2.75) is 12.8 Å². The number of ether oxygens (including phenoxy) is 2. The van der Waals surface area contributed by atoms with Gasteiger partial charge in [0.05, 0.1) is 20.1 Å². The lowest BCUT2D eigenvalue weighted by Gasteiger charge is -2.06. The van der Waals surface area contributed by atoms with Crippen molar-refractivity contribution >= 4 is 11.6 Å². The van der Waals surface area contributed by atoms with Crippen LogP contribution in [0.25, 0.3) is 0 Å². The molecule has 0 heterocycles. The second-order valence-electron chi connectivity index (χ2n) is 3.40. The van der Waals surface area contributed by atoms with E-state index in [0.29, 0.717) is 25.7 Å². The molecule has 1 rings (SSSR count). The predicted octanol–water partition coefficient (Wildman–Crippen LogP) is 3.09. The van der Waals surface area contributed by atoms with Crippen LogP contribution in [0.3, 0.4) is 0 Å². The molecule has 0 atom stereocenters. The van der Waals surface area contributed by atoms with E-state index in [9.17, 15) is 0 Å². The Morgan fingerprint density at radius 1 is 1.06 bits per heavy atom. The largest absolute Gasteiger partial charge is 0.491 e. The number of benzene rings is 1. The molecule has 0 radical (unpaired) electrons. The van der Waals surface area contributed by atoms with Crippen molar-refractivity contribution in [3.8, 4) is 5.75 Å². The van der Waals surface area contributed by atoms with Crippen LogP contribution in [0.15, 0.2) is 24.3 Å². The lowest BCUT2D eigenvalue weighted by Crippen LogP contribution is -2.07. The van der Waals surface area contributed by atoms with Crippen LogP contribution in [-0.4, -0.2) is 25.7 Å². The standard InChI is InChI=1S/C13H18ClO2/c1-2-9-15-10-11-16-13-5-3-12(4-6-13)7-8-14/h3-6H,1-2,7-11H2/q+1. The lowest BCUT2D eigenvalue weighted by atomic mass is 10.2. The van der Waals surface area contributed by atoms with Crippen LogP contribution in [0.5, 0.6) is 5.75 Å². The molecular weight excluding hydrogens is 224 g/mol. The van der Waals surface area contributed by atoms with E-state index in [1.165, 1.54) is 5.56 Å². The fourth-order valence-electron chi connectivity index (χ4n) is 1.28. The fraction of sp³-hybridized carbons (Fsp3) is 0.462. The molecule has 88 valence electrons. The van der Waals surface area contributed by atoms with Gasteiger partial charge in [0.1, 0.15) is 18.8 Å². The highest BCUT2D eigenvalue weighted by molar-refractivity contribution is 6.17. The summed E-state index contributed by atoms with van der Waals surface area (Å²) in [5.74, 6) is 1.52. The molecule has 0 unspecified atom stereocenters. The summed E-state index contributed by atoms with van der Waals surface area (Å²) in [7, 11) is 0. The molecule has 0 fully saturated rings. The molecule has 0 amide bonds. The van der Waals surface area contributed by atoms with Gasteiger partial charge in [-0.1, -0.05) is 12.1 Å². The van der Waals surface area contributed by atoms with Gasteiger partial charge in [-0.25, -0.2) is 0 Å². The molecule has 1 aromatic carbocycles. The molecule has 0 bridgehead atoms. The van der Waals surface area contributed by atoms with E-state index < -0.39 is 0 Å². The average molecular weight is 242 g/mol. The second-order valence-corrected chi connectivity index (χ2v) is 3.78. The third kappa shape index (κ3) is 5.29. The Morgan fingerprint density at radius 2 is 1.81 bits per heavy atom. The van der Waals surface area contributed by atoms with Crippen molar-refractivity contribution < 1.29 is 9.47 Å². The smallest absolute Gasteiger partial charge is 0.119 e. The number of rotatable bonds is 8. The SMILES string of the molecule is [CH2+]CCOCCOc1ccc(CCCl)cc1. The van der Waals surface area contributed by atoms with E-state index in [1.54, 1.807) is 0 Å². The second kappa shape index (κ2) is 8.31. The molecular formula is C13H18ClO2+. The van der Waals surface area contributed by atoms with E-state index in [0.717, 1.165) is 18.6 Å². The zero-order valence-corrected chi connectivity index (χ0v) is 10.2. The minimum absolute atomic E-state index is 0.578. The van der Waals surface area contributed by atoms with Crippen LogP contribution in [0.1, 0.15) is 12.0 Å². The summed E-state index contributed by atoms with van der Waals surface area (Å²) in [5.41, 5.74) is 1.23. The predicted molar refractivity (Wildman–Crippen MR) is 67.2 cm³/mol. The van der Waals surface area contributed by atoms with Crippen LogP contribution in [-0.2, 0) is 11.2 Å². The maximum absolute atomic E-state index is 5.66. The molecule has 0 spiro atoms. The van der Waals surface area contributed by atoms with Crippen molar-refractivity contribution in [3.05, 3.63) is 36.8 Å². The number of hydrogen-bond donors (Lipinski definition) is 0. The van der Waals surface area contributed by atoms with Gasteiger partial charge < -0.3 is 9.47 Å². The molecule has 0 saturated heterocycles. The van der Waals surface area contributed by atoms with Gasteiger partial charge in [0.25, 0.3) is 0 Å². The minimum atomic E-state index is 0.578. The molecule has 16 heavy (non-hydrogen) atoms. The van der Waals surface area contributed by atoms with Crippen molar-refractivity contribution in [2.75, 3.05) is 25.7 Å². The molecule has 0 aliphatic carbocycles. The van der Waals surface area contributed by atoms with E-state index in [4.69, 9.17) is 21.1 Å². The Kier molecular flexibility index (Phi) is 6.86. The van der Waals surface area contributed by atoms with Crippen molar-refractivity contribution in [3.63, 3.8) is 0 Å². The summed E-state index contributed by atoms with van der Waals surface area (Å²) in [6.07, 6.45) is 1.70. The quantitative estimate of drug-likeness (QED) is 0.396. The summed E-state index contributed by atoms with van der Waals surface area (Å²) in [4.78, 5) is 0. The lowest BCUT2D eigenvalue weighted by molar-refractivity contribution is 0.103. The van der Waals surface area contributed by atoms with Gasteiger partial charge in [-0.05, 0) is 24.1 Å². The first-order chi connectivity index (χ1) is 7.86. The van der Waals surface area contributed by atoms with Crippen molar-refractivity contribution in [1.29, 1.82) is 0 Å². The number of aryl methyl sites for hydroxylation is 1. The monoisotopic (exact) mass is 241 g/mol. The molecule has 0 aliphatic heterocycles. The van der Waals surface area contributed by atoms with Crippen LogP contribution < -0.4 is 4.74 Å². The molecule has 0 aromatic heterocycles. The minimum Gasteiger partial charge on any atom is -0.491 e. The summed E-state index contributed by atoms with van der Waals surface area (Å²) >= 11 is 5.66. The summed E-state index contributed by atoms with van der Waals surface area (Å²) < 4.78 is 10.8. The first-order valence-electron chi connectivity index (χ1n) is 5.51. The third-order valence-electron chi connectivity index (χ3n) is 2.09. The van der Waals surface area contributed by atoms with Crippen LogP contribution in [0.4, 0.5) is 0 Å². The molecule has 0 N–H and O–H groups in total. The Labute approximate surface area is 103 Å². The van der Waals surface area contributed by atoms with Crippen LogP contribution >= 0.6 is 11.6 Å². The van der Waals surface area contributed by atoms with Gasteiger partial charge in [0, 0.05) is 5.88 Å². The maximum Gasteiger partial charge on any atom is 0.119 e. The Bertz CT molecular complexity index is 272. The van der Waals surface area contributed by atoms with E-state index in [2.05, 4.69) is 6.92 Å². The number of alkyl halides is 1. The fourth-order valence-corrected chi connectivity index (χ4v) is 1.50. The van der Waals surface area contributed by atoms with E-state index >= 15 is 0 Å². The highest BCUT2D eigenvalue weighted by Gasteiger charge is 1.95. The topological polar surface area (TPSA) is 18.5 Å². The van der Waals surface area contributed by atoms with Crippen LogP contribution in [0.2, 0.25) is 0 Å². The van der Waals surface area contributed by atoms with Gasteiger partial charge >= 0.3 is 0 Å². The summed E-state index contributed by atoms with van der Waals surface area (Å²) in [5, 5.41) is 0. The summed E-state index contributed by atoms with van der Waals surface area (Å²) in [6.45, 7) is 5.57. The highest BCUT2D eigenvalue weighted by atomic mass is 35.5. The van der Waals surface area contributed by atoms with Crippen molar-refractivity contribution in [1.82, 2.24) is 0 Å². The highest BCUT2D eigenvalue weighted by Crippen LogP contribution is 2.12. The number of halogens is 1. The number of hydrogen-bond acceptors (Lipinski definition) is 2. The van der Waals surface area contributed by atoms with E-state index in [1.807, 2.05) is 24.3 Å². The van der Waals surface area contributed by atoms with Gasteiger partial charge in [-0.15, -0.1) is 11.6 Å². The first-order valence-corrected chi connectivity index (χ1v) is 6.05. The molecule has 1 aromatic rings. The van der Waals surface area contributed by atoms with Gasteiger partial charge in [-0.3, -0.25) is 0 Å². The van der Waals surface area contributed by atoms with Gasteiger partial charge in [-0.2, -0.15) is 0 Å². The Balaban J connectivity index is 2.21. The molecule has 0 aliphatic rings.